The number of carbonyl (C=O) groups excluding carboxylic acids is 2. The van der Waals surface area contributed by atoms with Crippen LogP contribution in [0.5, 0.6) is 5.75 Å². The van der Waals surface area contributed by atoms with E-state index in [-0.39, 0.29) is 16.6 Å². The summed E-state index contributed by atoms with van der Waals surface area (Å²) in [4.78, 5) is 24.3. The molecule has 0 saturated carbocycles. The Morgan fingerprint density at radius 1 is 0.875 bits per heavy atom. The zero-order valence-electron chi connectivity index (χ0n) is 18.4. The summed E-state index contributed by atoms with van der Waals surface area (Å²) in [5, 5.41) is 2.75. The summed E-state index contributed by atoms with van der Waals surface area (Å²) in [6.07, 6.45) is 1.13. The Bertz CT molecular complexity index is 1240. The lowest BCUT2D eigenvalue weighted by Crippen LogP contribution is -2.25. The lowest BCUT2D eigenvalue weighted by Gasteiger charge is -2.27. The van der Waals surface area contributed by atoms with Gasteiger partial charge in [-0.05, 0) is 68.8 Å². The predicted octanol–water partition coefficient (Wildman–Crippen LogP) is 4.86. The molecule has 0 aromatic heterocycles. The number of amides is 1. The molecule has 32 heavy (non-hydrogen) atoms. The van der Waals surface area contributed by atoms with E-state index in [1.165, 1.54) is 19.1 Å². The summed E-state index contributed by atoms with van der Waals surface area (Å²) in [6.45, 7) is 5.34. The van der Waals surface area contributed by atoms with Gasteiger partial charge < -0.3 is 10.1 Å². The van der Waals surface area contributed by atoms with Gasteiger partial charge in [0.2, 0.25) is 0 Å². The molecule has 1 amide bonds. The molecule has 0 aliphatic heterocycles. The van der Waals surface area contributed by atoms with Gasteiger partial charge >= 0.3 is 0 Å². The van der Waals surface area contributed by atoms with Gasteiger partial charge in [0.25, 0.3) is 5.91 Å². The first-order valence-corrected chi connectivity index (χ1v) is 11.9. The number of rotatable bonds is 7. The van der Waals surface area contributed by atoms with E-state index in [0.717, 1.165) is 11.8 Å². The fourth-order valence-electron chi connectivity index (χ4n) is 3.15. The van der Waals surface area contributed by atoms with E-state index in [2.05, 4.69) is 5.32 Å². The van der Waals surface area contributed by atoms with E-state index >= 15 is 0 Å². The number of nitrogens with one attached hydrogen (secondary N) is 1. The Morgan fingerprint density at radius 2 is 1.50 bits per heavy atom. The standard InChI is InChI=1S/C25H25NO5S/c1-17(27)18-8-10-20(11-9-18)25(2,3)31-22-7-5-6-19(16-22)24(28)26-21-12-14-23(15-13-21)32(4,29)30/h5-16H,1-4H3,(H,26,28). The fourth-order valence-corrected chi connectivity index (χ4v) is 3.78. The second-order valence-electron chi connectivity index (χ2n) is 8.02. The summed E-state index contributed by atoms with van der Waals surface area (Å²) in [5.41, 5.74) is 1.72. The number of ether oxygens (including phenoxy) is 1. The Labute approximate surface area is 188 Å². The highest BCUT2D eigenvalue weighted by molar-refractivity contribution is 7.90. The van der Waals surface area contributed by atoms with E-state index in [4.69, 9.17) is 4.74 Å². The average Bonchev–Trinajstić information content (AvgIpc) is 2.73. The minimum absolute atomic E-state index is 0.0000495. The molecule has 7 heteroatoms. The van der Waals surface area contributed by atoms with Gasteiger partial charge in [0, 0.05) is 23.1 Å². The van der Waals surface area contributed by atoms with E-state index in [1.54, 1.807) is 48.5 Å². The molecule has 0 spiro atoms. The van der Waals surface area contributed by atoms with Crippen LogP contribution in [0.15, 0.2) is 77.7 Å². The van der Waals surface area contributed by atoms with E-state index in [0.29, 0.717) is 22.6 Å². The number of benzene rings is 3. The number of anilines is 1. The van der Waals surface area contributed by atoms with Crippen LogP contribution in [-0.4, -0.2) is 26.4 Å². The lowest BCUT2D eigenvalue weighted by atomic mass is 9.96. The Morgan fingerprint density at radius 3 is 2.06 bits per heavy atom. The monoisotopic (exact) mass is 451 g/mol. The third-order valence-corrected chi connectivity index (χ3v) is 6.12. The van der Waals surface area contributed by atoms with Crippen LogP contribution in [0.25, 0.3) is 0 Å². The van der Waals surface area contributed by atoms with Crippen molar-refractivity contribution in [1.29, 1.82) is 0 Å². The zero-order valence-corrected chi connectivity index (χ0v) is 19.2. The summed E-state index contributed by atoms with van der Waals surface area (Å²) in [6, 6.07) is 20.0. The van der Waals surface area contributed by atoms with Crippen molar-refractivity contribution in [2.75, 3.05) is 11.6 Å². The van der Waals surface area contributed by atoms with Crippen molar-refractivity contribution in [2.45, 2.75) is 31.3 Å². The van der Waals surface area contributed by atoms with E-state index < -0.39 is 15.4 Å². The molecule has 0 atom stereocenters. The molecule has 3 rings (SSSR count). The summed E-state index contributed by atoms with van der Waals surface area (Å²) >= 11 is 0. The SMILES string of the molecule is CC(=O)c1ccc(C(C)(C)Oc2cccc(C(=O)Nc3ccc(S(C)(=O)=O)cc3)c2)cc1. The van der Waals surface area contributed by atoms with Crippen molar-refractivity contribution < 1.29 is 22.7 Å². The molecule has 0 fully saturated rings. The second-order valence-corrected chi connectivity index (χ2v) is 10.0. The Kier molecular flexibility index (Phi) is 6.50. The van der Waals surface area contributed by atoms with Crippen molar-refractivity contribution in [3.8, 4) is 5.75 Å². The van der Waals surface area contributed by atoms with Crippen LogP contribution in [0.3, 0.4) is 0 Å². The van der Waals surface area contributed by atoms with Gasteiger partial charge in [0.05, 0.1) is 4.90 Å². The first-order chi connectivity index (χ1) is 15.0. The van der Waals surface area contributed by atoms with Gasteiger partial charge in [-0.15, -0.1) is 0 Å². The van der Waals surface area contributed by atoms with Crippen molar-refractivity contribution in [1.82, 2.24) is 0 Å². The molecule has 166 valence electrons. The maximum Gasteiger partial charge on any atom is 0.255 e. The third kappa shape index (κ3) is 5.62. The van der Waals surface area contributed by atoms with E-state index in [1.807, 2.05) is 26.0 Å². The molecule has 3 aromatic rings. The maximum atomic E-state index is 12.7. The van der Waals surface area contributed by atoms with Crippen LogP contribution in [0.2, 0.25) is 0 Å². The molecule has 0 saturated heterocycles. The molecule has 0 heterocycles. The number of ketones is 1. The van der Waals surface area contributed by atoms with Crippen molar-refractivity contribution in [3.63, 3.8) is 0 Å². The predicted molar refractivity (Wildman–Crippen MR) is 124 cm³/mol. The molecule has 0 unspecified atom stereocenters. The number of sulfone groups is 1. The minimum atomic E-state index is -3.30. The van der Waals surface area contributed by atoms with Crippen LogP contribution >= 0.6 is 0 Å². The van der Waals surface area contributed by atoms with Crippen molar-refractivity contribution in [2.24, 2.45) is 0 Å². The number of hydrogen-bond donors (Lipinski definition) is 1. The van der Waals surface area contributed by atoms with Crippen LogP contribution in [0.4, 0.5) is 5.69 Å². The van der Waals surface area contributed by atoms with Crippen molar-refractivity contribution >= 4 is 27.2 Å². The third-order valence-electron chi connectivity index (χ3n) is 5.00. The van der Waals surface area contributed by atoms with Gasteiger partial charge in [-0.3, -0.25) is 9.59 Å². The van der Waals surface area contributed by atoms with Gasteiger partial charge in [0.15, 0.2) is 15.6 Å². The van der Waals surface area contributed by atoms with Gasteiger partial charge in [-0.2, -0.15) is 0 Å². The fraction of sp³-hybridized carbons (Fsp3) is 0.200. The molecular formula is C25H25NO5S. The average molecular weight is 452 g/mol. The highest BCUT2D eigenvalue weighted by Gasteiger charge is 2.23. The van der Waals surface area contributed by atoms with Gasteiger partial charge in [-0.1, -0.05) is 30.3 Å². The topological polar surface area (TPSA) is 89.5 Å². The summed E-state index contributed by atoms with van der Waals surface area (Å²) < 4.78 is 29.3. The van der Waals surface area contributed by atoms with Crippen LogP contribution in [0.1, 0.15) is 47.1 Å². The van der Waals surface area contributed by atoms with Crippen LogP contribution in [-0.2, 0) is 15.4 Å². The molecule has 1 N–H and O–H groups in total. The first kappa shape index (κ1) is 23.2. The van der Waals surface area contributed by atoms with Gasteiger partial charge in [-0.25, -0.2) is 8.42 Å². The number of Topliss-reactive ketones (excluding diaryl/α,β-unsaturated/α-hetero) is 1. The molecule has 0 aliphatic rings. The summed E-state index contributed by atoms with van der Waals surface area (Å²) in [7, 11) is -3.30. The van der Waals surface area contributed by atoms with Crippen LogP contribution < -0.4 is 10.1 Å². The molecule has 6 nitrogen and oxygen atoms in total. The maximum absolute atomic E-state index is 12.7. The second kappa shape index (κ2) is 8.96. The molecule has 3 aromatic carbocycles. The first-order valence-electron chi connectivity index (χ1n) is 9.98. The van der Waals surface area contributed by atoms with E-state index in [9.17, 15) is 18.0 Å². The Balaban J connectivity index is 1.74. The lowest BCUT2D eigenvalue weighted by molar-refractivity contribution is 0.101. The zero-order chi connectivity index (χ0) is 23.5. The minimum Gasteiger partial charge on any atom is -0.483 e. The Hall–Kier alpha value is -3.45. The smallest absolute Gasteiger partial charge is 0.255 e. The quantitative estimate of drug-likeness (QED) is 0.518. The molecular weight excluding hydrogens is 426 g/mol. The number of carbonyl (C=O) groups is 2. The highest BCUT2D eigenvalue weighted by atomic mass is 32.2. The summed E-state index contributed by atoms with van der Waals surface area (Å²) in [5.74, 6) is 0.178. The number of hydrogen-bond acceptors (Lipinski definition) is 5. The normalized spacial score (nSPS) is 11.6. The largest absolute Gasteiger partial charge is 0.483 e. The van der Waals surface area contributed by atoms with Crippen molar-refractivity contribution in [3.05, 3.63) is 89.5 Å². The molecule has 0 bridgehead atoms. The van der Waals surface area contributed by atoms with Crippen LogP contribution in [0, 0.1) is 0 Å². The molecule has 0 aliphatic carbocycles. The molecule has 0 radical (unpaired) electrons. The van der Waals surface area contributed by atoms with Gasteiger partial charge in [0.1, 0.15) is 11.4 Å². The highest BCUT2D eigenvalue weighted by Crippen LogP contribution is 2.29.